The third-order valence-electron chi connectivity index (χ3n) is 3.78. The summed E-state index contributed by atoms with van der Waals surface area (Å²) in [5.74, 6) is -2.05. The highest BCUT2D eigenvalue weighted by Crippen LogP contribution is 2.32. The number of benzene rings is 1. The van der Waals surface area contributed by atoms with Crippen molar-refractivity contribution in [1.82, 2.24) is 5.32 Å². The van der Waals surface area contributed by atoms with Crippen molar-refractivity contribution in [2.75, 3.05) is 13.1 Å². The zero-order chi connectivity index (χ0) is 13.0. The van der Waals surface area contributed by atoms with Gasteiger partial charge in [-0.25, -0.2) is 8.78 Å². The maximum absolute atomic E-state index is 13.6. The standard InChI is InChI=1S/C15H21F2N/c1-2-15(16,17)14-5-3-4-13(11-14)10-12-6-8-18-9-7-12/h3-5,11-12,18H,2,6-10H2,1H3. The Balaban J connectivity index is 2.07. The van der Waals surface area contributed by atoms with Crippen LogP contribution in [-0.2, 0) is 12.3 Å². The molecule has 0 saturated carbocycles. The van der Waals surface area contributed by atoms with Crippen LogP contribution in [0.15, 0.2) is 24.3 Å². The number of piperidine rings is 1. The van der Waals surface area contributed by atoms with Gasteiger partial charge in [0.2, 0.25) is 0 Å². The highest BCUT2D eigenvalue weighted by atomic mass is 19.3. The molecule has 0 aromatic heterocycles. The summed E-state index contributed by atoms with van der Waals surface area (Å²) < 4.78 is 27.3. The summed E-state index contributed by atoms with van der Waals surface area (Å²) in [7, 11) is 0. The lowest BCUT2D eigenvalue weighted by Gasteiger charge is -2.23. The van der Waals surface area contributed by atoms with Crippen molar-refractivity contribution in [3.63, 3.8) is 0 Å². The fraction of sp³-hybridized carbons (Fsp3) is 0.600. The quantitative estimate of drug-likeness (QED) is 0.862. The second kappa shape index (κ2) is 5.79. The van der Waals surface area contributed by atoms with Crippen molar-refractivity contribution >= 4 is 0 Å². The zero-order valence-corrected chi connectivity index (χ0v) is 10.9. The van der Waals surface area contributed by atoms with E-state index in [9.17, 15) is 8.78 Å². The van der Waals surface area contributed by atoms with E-state index in [1.807, 2.05) is 6.07 Å². The van der Waals surface area contributed by atoms with Crippen molar-refractivity contribution in [2.24, 2.45) is 5.92 Å². The van der Waals surface area contributed by atoms with Crippen LogP contribution >= 0.6 is 0 Å². The van der Waals surface area contributed by atoms with E-state index in [4.69, 9.17) is 0 Å². The molecule has 1 aliphatic heterocycles. The van der Waals surface area contributed by atoms with Gasteiger partial charge in [-0.05, 0) is 49.9 Å². The number of hydrogen-bond acceptors (Lipinski definition) is 1. The fourth-order valence-electron chi connectivity index (χ4n) is 2.55. The Kier molecular flexibility index (Phi) is 4.33. The van der Waals surface area contributed by atoms with Crippen LogP contribution in [0.25, 0.3) is 0 Å². The van der Waals surface area contributed by atoms with Crippen LogP contribution < -0.4 is 5.32 Å². The van der Waals surface area contributed by atoms with E-state index in [1.54, 1.807) is 12.1 Å². The Bertz CT molecular complexity index is 384. The van der Waals surface area contributed by atoms with Gasteiger partial charge in [-0.15, -0.1) is 0 Å². The SMILES string of the molecule is CCC(F)(F)c1cccc(CC2CCNCC2)c1. The van der Waals surface area contributed by atoms with E-state index in [0.717, 1.165) is 37.9 Å². The average Bonchev–Trinajstić information content (AvgIpc) is 2.40. The molecule has 0 atom stereocenters. The molecule has 3 heteroatoms. The summed E-state index contributed by atoms with van der Waals surface area (Å²) >= 11 is 0. The lowest BCUT2D eigenvalue weighted by molar-refractivity contribution is -0.00837. The van der Waals surface area contributed by atoms with Crippen LogP contribution in [0.5, 0.6) is 0 Å². The molecule has 0 radical (unpaired) electrons. The lowest BCUT2D eigenvalue weighted by Crippen LogP contribution is -2.28. The van der Waals surface area contributed by atoms with Gasteiger partial charge >= 0.3 is 0 Å². The number of hydrogen-bond donors (Lipinski definition) is 1. The van der Waals surface area contributed by atoms with Gasteiger partial charge in [-0.2, -0.15) is 0 Å². The summed E-state index contributed by atoms with van der Waals surface area (Å²) in [4.78, 5) is 0. The lowest BCUT2D eigenvalue weighted by atomic mass is 9.90. The van der Waals surface area contributed by atoms with Crippen molar-refractivity contribution < 1.29 is 8.78 Å². The number of rotatable bonds is 4. The number of halogens is 2. The van der Waals surface area contributed by atoms with E-state index >= 15 is 0 Å². The molecule has 0 amide bonds. The molecule has 1 heterocycles. The molecule has 1 aromatic carbocycles. The molecule has 0 spiro atoms. The van der Waals surface area contributed by atoms with Crippen LogP contribution in [0.4, 0.5) is 8.78 Å². The largest absolute Gasteiger partial charge is 0.317 e. The van der Waals surface area contributed by atoms with Gasteiger partial charge in [0.25, 0.3) is 5.92 Å². The molecule has 0 aliphatic carbocycles. The highest BCUT2D eigenvalue weighted by molar-refractivity contribution is 5.27. The minimum atomic E-state index is -2.69. The second-order valence-electron chi connectivity index (χ2n) is 5.16. The topological polar surface area (TPSA) is 12.0 Å². The van der Waals surface area contributed by atoms with Gasteiger partial charge in [0.1, 0.15) is 0 Å². The minimum absolute atomic E-state index is 0.135. The summed E-state index contributed by atoms with van der Waals surface area (Å²) in [6, 6.07) is 6.95. The minimum Gasteiger partial charge on any atom is -0.317 e. The molecular weight excluding hydrogens is 232 g/mol. The molecule has 100 valence electrons. The van der Waals surface area contributed by atoms with Crippen molar-refractivity contribution in [3.05, 3.63) is 35.4 Å². The van der Waals surface area contributed by atoms with Crippen molar-refractivity contribution in [1.29, 1.82) is 0 Å². The van der Waals surface area contributed by atoms with E-state index < -0.39 is 5.92 Å². The average molecular weight is 253 g/mol. The fourth-order valence-corrected chi connectivity index (χ4v) is 2.55. The molecule has 0 unspecified atom stereocenters. The van der Waals surface area contributed by atoms with E-state index in [2.05, 4.69) is 5.32 Å². The molecule has 1 aliphatic rings. The molecular formula is C15H21F2N. The maximum atomic E-state index is 13.6. The summed E-state index contributed by atoms with van der Waals surface area (Å²) in [5, 5.41) is 3.33. The van der Waals surface area contributed by atoms with Crippen LogP contribution in [0.2, 0.25) is 0 Å². The molecule has 2 rings (SSSR count). The Morgan fingerprint density at radius 3 is 2.67 bits per heavy atom. The first kappa shape index (κ1) is 13.5. The third-order valence-corrected chi connectivity index (χ3v) is 3.78. The smallest absolute Gasteiger partial charge is 0.273 e. The van der Waals surface area contributed by atoms with Crippen molar-refractivity contribution in [3.8, 4) is 0 Å². The van der Waals surface area contributed by atoms with E-state index in [1.165, 1.54) is 13.0 Å². The first-order valence-corrected chi connectivity index (χ1v) is 6.80. The summed E-state index contributed by atoms with van der Waals surface area (Å²) in [6.45, 7) is 3.63. The van der Waals surface area contributed by atoms with Gasteiger partial charge in [0.15, 0.2) is 0 Å². The summed E-state index contributed by atoms with van der Waals surface area (Å²) in [5.41, 5.74) is 1.21. The molecule has 1 saturated heterocycles. The predicted molar refractivity (Wildman–Crippen MR) is 69.9 cm³/mol. The Morgan fingerprint density at radius 2 is 2.00 bits per heavy atom. The first-order valence-electron chi connectivity index (χ1n) is 6.80. The van der Waals surface area contributed by atoms with Crippen LogP contribution in [0.1, 0.15) is 37.3 Å². The molecule has 1 N–H and O–H groups in total. The molecule has 1 fully saturated rings. The third kappa shape index (κ3) is 3.29. The van der Waals surface area contributed by atoms with E-state index in [-0.39, 0.29) is 12.0 Å². The van der Waals surface area contributed by atoms with Gasteiger partial charge in [0.05, 0.1) is 0 Å². The van der Waals surface area contributed by atoms with Crippen LogP contribution in [0, 0.1) is 5.92 Å². The van der Waals surface area contributed by atoms with Gasteiger partial charge in [-0.1, -0.05) is 25.1 Å². The Labute approximate surface area is 108 Å². The van der Waals surface area contributed by atoms with Crippen LogP contribution in [-0.4, -0.2) is 13.1 Å². The maximum Gasteiger partial charge on any atom is 0.273 e. The Morgan fingerprint density at radius 1 is 1.28 bits per heavy atom. The number of nitrogens with one attached hydrogen (secondary N) is 1. The Hall–Kier alpha value is -0.960. The van der Waals surface area contributed by atoms with Gasteiger partial charge in [0, 0.05) is 12.0 Å². The van der Waals surface area contributed by atoms with E-state index in [0.29, 0.717) is 5.92 Å². The van der Waals surface area contributed by atoms with Gasteiger partial charge in [-0.3, -0.25) is 0 Å². The van der Waals surface area contributed by atoms with Crippen LogP contribution in [0.3, 0.4) is 0 Å². The molecule has 0 bridgehead atoms. The number of alkyl halides is 2. The zero-order valence-electron chi connectivity index (χ0n) is 10.9. The summed E-state index contributed by atoms with van der Waals surface area (Å²) in [6.07, 6.45) is 3.09. The molecule has 18 heavy (non-hydrogen) atoms. The first-order chi connectivity index (χ1) is 8.62. The monoisotopic (exact) mass is 253 g/mol. The van der Waals surface area contributed by atoms with Gasteiger partial charge < -0.3 is 5.32 Å². The second-order valence-corrected chi connectivity index (χ2v) is 5.16. The molecule has 1 aromatic rings. The predicted octanol–water partition coefficient (Wildman–Crippen LogP) is 3.73. The molecule has 1 nitrogen and oxygen atoms in total. The van der Waals surface area contributed by atoms with Crippen molar-refractivity contribution in [2.45, 2.75) is 38.5 Å². The highest BCUT2D eigenvalue weighted by Gasteiger charge is 2.29. The normalized spacial score (nSPS) is 17.9.